The van der Waals surface area contributed by atoms with E-state index in [-0.39, 0.29) is 47.4 Å². The first kappa shape index (κ1) is 49.7. The number of fused-ring (bicyclic) bond motifs is 7. The van der Waals surface area contributed by atoms with E-state index >= 15 is 0 Å². The highest BCUT2D eigenvalue weighted by molar-refractivity contribution is 5.15. The number of hydrogen-bond acceptors (Lipinski definition) is 19. The summed E-state index contributed by atoms with van der Waals surface area (Å²) < 4.78 is 42.0. The Bertz CT molecular complexity index is 1560. The van der Waals surface area contributed by atoms with Crippen molar-refractivity contribution >= 4 is 0 Å². The lowest BCUT2D eigenvalue weighted by Gasteiger charge is -2.61. The van der Waals surface area contributed by atoms with E-state index in [1.165, 1.54) is 0 Å². The third-order valence-corrected chi connectivity index (χ3v) is 18.0. The lowest BCUT2D eigenvalue weighted by atomic mass is 9.44. The van der Waals surface area contributed by atoms with Gasteiger partial charge < -0.3 is 94.4 Å². The molecule has 4 saturated carbocycles. The van der Waals surface area contributed by atoms with Gasteiger partial charge in [-0.2, -0.15) is 0 Å². The highest BCUT2D eigenvalue weighted by Gasteiger charge is 2.68. The summed E-state index contributed by atoms with van der Waals surface area (Å²) in [5.41, 5.74) is 0.0475. The molecule has 0 aromatic carbocycles. The molecule has 0 aromatic heterocycles. The van der Waals surface area contributed by atoms with Gasteiger partial charge in [0.15, 0.2) is 24.7 Å². The Morgan fingerprint density at radius 1 is 0.625 bits per heavy atom. The van der Waals surface area contributed by atoms with Crippen molar-refractivity contribution in [1.82, 2.24) is 0 Å². The molecule has 4 heterocycles. The number of aliphatic hydroxyl groups is 12. The third kappa shape index (κ3) is 8.65. The number of aliphatic hydroxyl groups excluding tert-OH is 11. The van der Waals surface area contributed by atoms with Crippen molar-refractivity contribution < 1.29 is 94.4 Å². The molecular formula is C45H76O19. The van der Waals surface area contributed by atoms with Crippen LogP contribution in [0.4, 0.5) is 0 Å². The average Bonchev–Trinajstić information content (AvgIpc) is 3.71. The summed E-state index contributed by atoms with van der Waals surface area (Å²) in [7, 11) is 0. The molecule has 370 valence electrons. The molecule has 0 amide bonds. The van der Waals surface area contributed by atoms with Crippen LogP contribution in [0.3, 0.4) is 0 Å². The molecule has 0 radical (unpaired) electrons. The first-order chi connectivity index (χ1) is 30.3. The zero-order valence-corrected chi connectivity index (χ0v) is 37.5. The maximum atomic E-state index is 12.1. The van der Waals surface area contributed by atoms with Gasteiger partial charge in [0.2, 0.25) is 0 Å². The Hall–Kier alpha value is -0.760. The summed E-state index contributed by atoms with van der Waals surface area (Å²) in [5.74, 6) is 0.532. The third-order valence-electron chi connectivity index (χ3n) is 18.0. The van der Waals surface area contributed by atoms with E-state index in [9.17, 15) is 61.3 Å². The number of rotatable bonds is 13. The van der Waals surface area contributed by atoms with E-state index in [4.69, 9.17) is 33.2 Å². The van der Waals surface area contributed by atoms with E-state index in [0.717, 1.165) is 44.9 Å². The van der Waals surface area contributed by atoms with E-state index in [0.29, 0.717) is 42.9 Å². The minimum atomic E-state index is -1.75. The summed E-state index contributed by atoms with van der Waals surface area (Å²) in [6, 6.07) is 0. The minimum absolute atomic E-state index is 0.00000712. The van der Waals surface area contributed by atoms with Crippen LogP contribution in [-0.4, -0.2) is 198 Å². The molecule has 0 spiro atoms. The SMILES string of the molecule is C[C@@H](CCC1(O)O[C@H]2C[C@H]3[C@@H]4CC[C@@H]5CC(OC6O[C@H](CO)C(O)C(O)[C@H]6OC6O[C@H](CO)C(O)C(O)C6O)CC[C@]5(C)[C@H]4CC[C@]3(C)C2[C@@H]1C)COC1O[C@H](CO)C(O)C(O)C1O. The first-order valence-electron chi connectivity index (χ1n) is 23.9. The largest absolute Gasteiger partial charge is 0.394 e. The second-order valence-electron chi connectivity index (χ2n) is 21.5. The van der Waals surface area contributed by atoms with Crippen molar-refractivity contribution in [1.29, 1.82) is 0 Å². The van der Waals surface area contributed by atoms with Crippen molar-refractivity contribution in [3.63, 3.8) is 0 Å². The van der Waals surface area contributed by atoms with Gasteiger partial charge in [-0.15, -0.1) is 0 Å². The molecular weight excluding hydrogens is 844 g/mol. The van der Waals surface area contributed by atoms with Crippen LogP contribution in [0.1, 0.15) is 91.9 Å². The number of ether oxygens (including phenoxy) is 7. The van der Waals surface area contributed by atoms with Crippen LogP contribution in [0.2, 0.25) is 0 Å². The Balaban J connectivity index is 0.869. The molecule has 19 heteroatoms. The van der Waals surface area contributed by atoms with Gasteiger partial charge in [-0.25, -0.2) is 0 Å². The maximum absolute atomic E-state index is 12.1. The molecule has 8 fully saturated rings. The van der Waals surface area contributed by atoms with Crippen molar-refractivity contribution in [2.75, 3.05) is 26.4 Å². The Labute approximate surface area is 374 Å². The van der Waals surface area contributed by atoms with Crippen LogP contribution in [-0.2, 0) is 33.2 Å². The fourth-order valence-electron chi connectivity index (χ4n) is 14.2. The Morgan fingerprint density at radius 3 is 1.84 bits per heavy atom. The van der Waals surface area contributed by atoms with Gasteiger partial charge >= 0.3 is 0 Å². The molecule has 19 nitrogen and oxygen atoms in total. The molecule has 8 aliphatic rings. The predicted octanol–water partition coefficient (Wildman–Crippen LogP) is -1.78. The highest BCUT2D eigenvalue weighted by atomic mass is 16.8. The van der Waals surface area contributed by atoms with Crippen molar-refractivity contribution in [2.45, 2.75) is 202 Å². The van der Waals surface area contributed by atoms with E-state index < -0.39 is 118 Å². The van der Waals surface area contributed by atoms with Crippen molar-refractivity contribution in [2.24, 2.45) is 52.3 Å². The van der Waals surface area contributed by atoms with Crippen LogP contribution >= 0.6 is 0 Å². The smallest absolute Gasteiger partial charge is 0.187 e. The van der Waals surface area contributed by atoms with Gasteiger partial charge in [-0.05, 0) is 104 Å². The van der Waals surface area contributed by atoms with Crippen LogP contribution in [0.15, 0.2) is 0 Å². The van der Waals surface area contributed by atoms with Crippen LogP contribution < -0.4 is 0 Å². The topological polar surface area (TPSA) is 307 Å². The molecule has 14 unspecified atom stereocenters. The second kappa shape index (κ2) is 19.2. The molecule has 4 aliphatic heterocycles. The highest BCUT2D eigenvalue weighted by Crippen LogP contribution is 2.71. The second-order valence-corrected chi connectivity index (χ2v) is 21.5. The summed E-state index contributed by atoms with van der Waals surface area (Å²) in [4.78, 5) is 0. The fourth-order valence-corrected chi connectivity index (χ4v) is 14.2. The zero-order valence-electron chi connectivity index (χ0n) is 37.5. The molecule has 4 saturated heterocycles. The molecule has 27 atom stereocenters. The maximum Gasteiger partial charge on any atom is 0.187 e. The van der Waals surface area contributed by atoms with Gasteiger partial charge in [0, 0.05) is 12.3 Å². The molecule has 12 N–H and O–H groups in total. The first-order valence-corrected chi connectivity index (χ1v) is 23.9. The molecule has 4 aliphatic carbocycles. The summed E-state index contributed by atoms with van der Waals surface area (Å²) in [6.07, 6.45) is -13.7. The molecule has 8 rings (SSSR count). The van der Waals surface area contributed by atoms with Gasteiger partial charge in [0.25, 0.3) is 0 Å². The van der Waals surface area contributed by atoms with Gasteiger partial charge in [-0.1, -0.05) is 27.7 Å². The Morgan fingerprint density at radius 2 is 1.20 bits per heavy atom. The summed E-state index contributed by atoms with van der Waals surface area (Å²) >= 11 is 0. The van der Waals surface area contributed by atoms with E-state index in [1.807, 2.05) is 6.92 Å². The standard InChI is InChI=1S/C45H76O19/c1-19(18-58-40-37(55)34(52)31(49)27(15-46)60-40)7-12-45(57)20(2)30-26(64-45)14-25-23-6-5-21-13-22(8-10-43(21,3)24(23)9-11-44(25,30)4)59-42-39(36(54)33(51)29(17-48)62-42)63-41-38(56)35(53)32(50)28(16-47)61-41/h19-42,46-57H,5-18H2,1-4H3/t19-,20-,21+,22?,23+,24-,25-,26-,27+,28+,29+,30?,31?,32?,33?,34?,35?,36?,37?,38?,39+,40?,41?,42?,43-,44-,45?/m0/s1. The molecule has 0 aromatic rings. The van der Waals surface area contributed by atoms with Gasteiger partial charge in [0.05, 0.1) is 38.6 Å². The predicted molar refractivity (Wildman–Crippen MR) is 219 cm³/mol. The minimum Gasteiger partial charge on any atom is -0.394 e. The monoisotopic (exact) mass is 920 g/mol. The quantitative estimate of drug-likeness (QED) is 0.0909. The lowest BCUT2D eigenvalue weighted by molar-refractivity contribution is -0.373. The average molecular weight is 921 g/mol. The summed E-state index contributed by atoms with van der Waals surface area (Å²) in [5, 5.41) is 125. The van der Waals surface area contributed by atoms with E-state index in [2.05, 4.69) is 20.8 Å². The van der Waals surface area contributed by atoms with Crippen molar-refractivity contribution in [3.05, 3.63) is 0 Å². The van der Waals surface area contributed by atoms with Crippen LogP contribution in [0.5, 0.6) is 0 Å². The lowest BCUT2D eigenvalue weighted by Crippen LogP contribution is -2.65. The summed E-state index contributed by atoms with van der Waals surface area (Å²) in [6.45, 7) is 7.28. The molecule has 0 bridgehead atoms. The van der Waals surface area contributed by atoms with Gasteiger partial charge in [0.1, 0.15) is 73.2 Å². The fraction of sp³-hybridized carbons (Fsp3) is 1.00. The molecule has 64 heavy (non-hydrogen) atoms. The normalized spacial score (nSPS) is 55.6. The van der Waals surface area contributed by atoms with E-state index in [1.54, 1.807) is 0 Å². The zero-order chi connectivity index (χ0) is 46.2. The van der Waals surface area contributed by atoms with Crippen molar-refractivity contribution in [3.8, 4) is 0 Å². The Kier molecular flexibility index (Phi) is 14.9. The van der Waals surface area contributed by atoms with Gasteiger partial charge in [-0.3, -0.25) is 0 Å². The number of hydrogen-bond donors (Lipinski definition) is 12. The van der Waals surface area contributed by atoms with Crippen LogP contribution in [0, 0.1) is 52.3 Å². The van der Waals surface area contributed by atoms with Crippen LogP contribution in [0.25, 0.3) is 0 Å².